The summed E-state index contributed by atoms with van der Waals surface area (Å²) in [5.74, 6) is 0. The fraction of sp³-hybridized carbons (Fsp3) is 0.0968. The number of H-pyrrole nitrogens is 2. The Kier molecular flexibility index (Phi) is 7.22. The lowest BCUT2D eigenvalue weighted by atomic mass is 10.1. The zero-order valence-electron chi connectivity index (χ0n) is 22.0. The van der Waals surface area contributed by atoms with Crippen LogP contribution >= 0.6 is 0 Å². The van der Waals surface area contributed by atoms with Crippen LogP contribution in [0.4, 0.5) is 0 Å². The molecule has 0 radical (unpaired) electrons. The van der Waals surface area contributed by atoms with Gasteiger partial charge in [-0.15, -0.1) is 0 Å². The van der Waals surface area contributed by atoms with Crippen LogP contribution in [0.3, 0.4) is 0 Å². The van der Waals surface area contributed by atoms with Crippen LogP contribution in [-0.4, -0.2) is 26.8 Å². The molecule has 0 saturated heterocycles. The first-order valence-electron chi connectivity index (χ1n) is 13.0. The molecule has 6 aromatic rings. The van der Waals surface area contributed by atoms with Gasteiger partial charge >= 0.3 is 0 Å². The van der Waals surface area contributed by atoms with Crippen LogP contribution in [0.1, 0.15) is 22.3 Å². The Morgan fingerprint density at radius 1 is 0.488 bits per heavy atom. The van der Waals surface area contributed by atoms with Gasteiger partial charge in [0.25, 0.3) is 0 Å². The van der Waals surface area contributed by atoms with E-state index in [4.69, 9.17) is 0 Å². The summed E-state index contributed by atoms with van der Waals surface area (Å²) in [6.07, 6.45) is 4.23. The molecule has 0 unspecified atom stereocenters. The molecule has 0 amide bonds. The third kappa shape index (κ3) is 6.10. The second-order valence-electron chi connectivity index (χ2n) is 9.91. The molecule has 8 nitrogen and oxygen atoms in total. The van der Waals surface area contributed by atoms with Crippen LogP contribution in [0.15, 0.2) is 119 Å². The zero-order chi connectivity index (χ0) is 28.5. The second kappa shape index (κ2) is 11.0. The Hall–Kier alpha value is -4.22. The molecule has 0 bridgehead atoms. The van der Waals surface area contributed by atoms with Crippen molar-refractivity contribution in [2.24, 2.45) is 0 Å². The molecule has 208 valence electrons. The van der Waals surface area contributed by atoms with Gasteiger partial charge in [0.15, 0.2) is 0 Å². The van der Waals surface area contributed by atoms with Crippen LogP contribution < -0.4 is 9.44 Å². The van der Waals surface area contributed by atoms with Gasteiger partial charge in [-0.1, -0.05) is 48.5 Å². The van der Waals surface area contributed by atoms with Gasteiger partial charge < -0.3 is 9.97 Å². The topological polar surface area (TPSA) is 124 Å². The molecule has 0 saturated carbocycles. The Labute approximate surface area is 238 Å². The number of fused-ring (bicyclic) bond motifs is 2. The van der Waals surface area contributed by atoms with E-state index >= 15 is 0 Å². The van der Waals surface area contributed by atoms with E-state index in [9.17, 15) is 16.8 Å². The molecule has 4 N–H and O–H groups in total. The first-order valence-corrected chi connectivity index (χ1v) is 16.0. The minimum atomic E-state index is -3.68. The molecule has 0 aliphatic carbocycles. The minimum Gasteiger partial charge on any atom is -0.361 e. The second-order valence-corrected chi connectivity index (χ2v) is 13.4. The maximum absolute atomic E-state index is 12.8. The number of aromatic amines is 2. The van der Waals surface area contributed by atoms with E-state index in [0.29, 0.717) is 6.42 Å². The van der Waals surface area contributed by atoms with Gasteiger partial charge in [0, 0.05) is 36.5 Å². The minimum absolute atomic E-state index is 0.185. The average molecular weight is 585 g/mol. The quantitative estimate of drug-likeness (QED) is 0.177. The van der Waals surface area contributed by atoms with Gasteiger partial charge in [0.1, 0.15) is 0 Å². The maximum Gasteiger partial charge on any atom is 0.240 e. The number of aromatic nitrogens is 2. The summed E-state index contributed by atoms with van der Waals surface area (Å²) < 4.78 is 56.6. The van der Waals surface area contributed by atoms with Crippen LogP contribution in [0.25, 0.3) is 21.8 Å². The monoisotopic (exact) mass is 584 g/mol. The van der Waals surface area contributed by atoms with Crippen LogP contribution in [0, 0.1) is 0 Å². The van der Waals surface area contributed by atoms with E-state index in [-0.39, 0.29) is 22.9 Å². The van der Waals surface area contributed by atoms with Crippen LogP contribution in [0.5, 0.6) is 0 Å². The van der Waals surface area contributed by atoms with Gasteiger partial charge in [-0.25, -0.2) is 26.3 Å². The molecule has 0 aliphatic rings. The van der Waals surface area contributed by atoms with Crippen molar-refractivity contribution in [3.63, 3.8) is 0 Å². The van der Waals surface area contributed by atoms with Gasteiger partial charge in [-0.05, 0) is 88.0 Å². The molecular weight excluding hydrogens is 556 g/mol. The molecule has 2 heterocycles. The van der Waals surface area contributed by atoms with E-state index in [1.807, 2.05) is 60.9 Å². The number of benzene rings is 4. The molecule has 6 rings (SSSR count). The highest BCUT2D eigenvalue weighted by Gasteiger charge is 2.16. The van der Waals surface area contributed by atoms with Gasteiger partial charge in [0.05, 0.1) is 9.79 Å². The van der Waals surface area contributed by atoms with Gasteiger partial charge in [0.2, 0.25) is 20.0 Å². The SMILES string of the molecule is O=S(=O)(NCc1ccc2cc[nH]c2c1)c1ccc(Cc2ccc(S(=O)(=O)NCc3ccc4cc[nH]c4c3)cc2)cc1. The van der Waals surface area contributed by atoms with Gasteiger partial charge in [-0.3, -0.25) is 0 Å². The molecule has 2 aromatic heterocycles. The Morgan fingerprint density at radius 2 is 0.878 bits per heavy atom. The van der Waals surface area contributed by atoms with E-state index < -0.39 is 20.0 Å². The van der Waals surface area contributed by atoms with E-state index in [0.717, 1.165) is 44.1 Å². The third-order valence-corrected chi connectivity index (χ3v) is 9.88. The van der Waals surface area contributed by atoms with Crippen molar-refractivity contribution in [1.29, 1.82) is 0 Å². The summed E-state index contributed by atoms with van der Waals surface area (Å²) in [4.78, 5) is 6.63. The number of sulfonamides is 2. The molecule has 0 atom stereocenters. The highest BCUT2D eigenvalue weighted by atomic mass is 32.2. The summed E-state index contributed by atoms with van der Waals surface area (Å²) in [5.41, 5.74) is 5.46. The van der Waals surface area contributed by atoms with E-state index in [1.54, 1.807) is 48.5 Å². The van der Waals surface area contributed by atoms with Crippen molar-refractivity contribution in [2.45, 2.75) is 29.3 Å². The van der Waals surface area contributed by atoms with Crippen molar-refractivity contribution in [1.82, 2.24) is 19.4 Å². The summed E-state index contributed by atoms with van der Waals surface area (Å²) >= 11 is 0. The summed E-state index contributed by atoms with van der Waals surface area (Å²) in [6, 6.07) is 28.9. The number of rotatable bonds is 10. The lowest BCUT2D eigenvalue weighted by Gasteiger charge is -2.10. The lowest BCUT2D eigenvalue weighted by molar-refractivity contribution is 0.579. The predicted molar refractivity (Wildman–Crippen MR) is 160 cm³/mol. The lowest BCUT2D eigenvalue weighted by Crippen LogP contribution is -2.23. The molecule has 0 aliphatic heterocycles. The fourth-order valence-corrected chi connectivity index (χ4v) is 6.78. The number of nitrogens with one attached hydrogen (secondary N) is 4. The Bertz CT molecular complexity index is 1900. The summed E-state index contributed by atoms with van der Waals surface area (Å²) in [5, 5.41) is 2.14. The zero-order valence-corrected chi connectivity index (χ0v) is 23.6. The van der Waals surface area contributed by atoms with Crippen molar-refractivity contribution in [3.8, 4) is 0 Å². The third-order valence-electron chi connectivity index (χ3n) is 7.05. The summed E-state index contributed by atoms with van der Waals surface area (Å²) in [6.45, 7) is 0.371. The largest absolute Gasteiger partial charge is 0.361 e. The molecule has 0 spiro atoms. The highest BCUT2D eigenvalue weighted by Crippen LogP contribution is 2.19. The van der Waals surface area contributed by atoms with E-state index in [2.05, 4.69) is 19.4 Å². The predicted octanol–water partition coefficient (Wildman–Crippen LogP) is 5.20. The Morgan fingerprint density at radius 3 is 1.29 bits per heavy atom. The maximum atomic E-state index is 12.8. The van der Waals surface area contributed by atoms with Crippen molar-refractivity contribution < 1.29 is 16.8 Å². The van der Waals surface area contributed by atoms with Crippen molar-refractivity contribution in [3.05, 3.63) is 132 Å². The van der Waals surface area contributed by atoms with Crippen molar-refractivity contribution >= 4 is 41.9 Å². The summed E-state index contributed by atoms with van der Waals surface area (Å²) in [7, 11) is -7.36. The van der Waals surface area contributed by atoms with Gasteiger partial charge in [-0.2, -0.15) is 0 Å². The Balaban J connectivity index is 1.06. The normalized spacial score (nSPS) is 12.3. The number of hydrogen-bond acceptors (Lipinski definition) is 4. The van der Waals surface area contributed by atoms with Crippen molar-refractivity contribution in [2.75, 3.05) is 0 Å². The molecular formula is C31H28N4O4S2. The first-order chi connectivity index (χ1) is 19.7. The van der Waals surface area contributed by atoms with E-state index in [1.165, 1.54) is 0 Å². The number of hydrogen-bond donors (Lipinski definition) is 4. The molecule has 10 heteroatoms. The van der Waals surface area contributed by atoms with Crippen LogP contribution in [-0.2, 0) is 39.6 Å². The molecule has 41 heavy (non-hydrogen) atoms. The molecule has 0 fully saturated rings. The van der Waals surface area contributed by atoms with Crippen LogP contribution in [0.2, 0.25) is 0 Å². The average Bonchev–Trinajstić information content (AvgIpc) is 3.65. The fourth-order valence-electron chi connectivity index (χ4n) is 4.74. The molecule has 4 aromatic carbocycles. The first kappa shape index (κ1) is 27.0. The standard InChI is InChI=1S/C31H28N4O4S2/c36-40(37,34-20-24-1-7-26-13-15-32-30(26)18-24)28-9-3-22(4-10-28)17-23-5-11-29(12-6-23)41(38,39)35-21-25-2-8-27-14-16-33-31(27)19-25/h1-16,18-19,32-35H,17,20-21H2. The smallest absolute Gasteiger partial charge is 0.240 e. The highest BCUT2D eigenvalue weighted by molar-refractivity contribution is 7.89.